The average molecular weight is 415 g/mol. The van der Waals surface area contributed by atoms with Crippen LogP contribution in [-0.2, 0) is 25.4 Å². The molecule has 1 heterocycles. The van der Waals surface area contributed by atoms with Crippen LogP contribution in [0.5, 0.6) is 0 Å². The largest absolute Gasteiger partial charge is 0.494 e. The van der Waals surface area contributed by atoms with Crippen LogP contribution in [0, 0.1) is 0 Å². The van der Waals surface area contributed by atoms with Crippen molar-refractivity contribution in [3.63, 3.8) is 0 Å². The molecule has 1 aliphatic carbocycles. The second-order valence-corrected chi connectivity index (χ2v) is 9.79. The fraction of sp³-hybridized carbons (Fsp3) is 0.708. The Bertz CT molecular complexity index is 722. The van der Waals surface area contributed by atoms with E-state index >= 15 is 0 Å². The highest BCUT2D eigenvalue weighted by Crippen LogP contribution is 2.36. The Morgan fingerprint density at radius 1 is 1.13 bits per heavy atom. The standard InChI is InChI=1S/C24H38BNO4/c1-7-24(8-2,21(27)28-20-14-9-10-15-20)26-17-18-12-11-13-19(16-18)25-29-22(3,4)23(5,6)30-25/h11-13,16,20,26H,7-10,14-15,17H2,1-6H3. The lowest BCUT2D eigenvalue weighted by atomic mass is 9.78. The lowest BCUT2D eigenvalue weighted by Crippen LogP contribution is -2.52. The second-order valence-electron chi connectivity index (χ2n) is 9.79. The number of ether oxygens (including phenoxy) is 1. The number of hydrogen-bond acceptors (Lipinski definition) is 5. The van der Waals surface area contributed by atoms with Crippen molar-refractivity contribution in [1.82, 2.24) is 5.32 Å². The van der Waals surface area contributed by atoms with Crippen LogP contribution in [0.1, 0.15) is 85.6 Å². The van der Waals surface area contributed by atoms with Gasteiger partial charge in [-0.1, -0.05) is 38.1 Å². The molecule has 0 atom stereocenters. The van der Waals surface area contributed by atoms with Crippen molar-refractivity contribution in [3.8, 4) is 0 Å². The van der Waals surface area contributed by atoms with Crippen molar-refractivity contribution in [2.24, 2.45) is 0 Å². The molecule has 2 aliphatic rings. The molecule has 166 valence electrons. The molecule has 1 N–H and O–H groups in total. The number of hydrogen-bond donors (Lipinski definition) is 1. The van der Waals surface area contributed by atoms with Crippen molar-refractivity contribution in [3.05, 3.63) is 29.8 Å². The molecule has 6 heteroatoms. The molecule has 1 saturated heterocycles. The Labute approximate surface area is 182 Å². The van der Waals surface area contributed by atoms with E-state index in [2.05, 4.69) is 45.1 Å². The topological polar surface area (TPSA) is 56.8 Å². The van der Waals surface area contributed by atoms with Gasteiger partial charge in [0.1, 0.15) is 11.6 Å². The van der Waals surface area contributed by atoms with Gasteiger partial charge in [-0.25, -0.2) is 0 Å². The summed E-state index contributed by atoms with van der Waals surface area (Å²) >= 11 is 0. The monoisotopic (exact) mass is 415 g/mol. The first kappa shape index (κ1) is 23.3. The summed E-state index contributed by atoms with van der Waals surface area (Å²) < 4.78 is 18.2. The van der Waals surface area contributed by atoms with Crippen molar-refractivity contribution < 1.29 is 18.8 Å². The van der Waals surface area contributed by atoms with Gasteiger partial charge in [-0.15, -0.1) is 0 Å². The molecule has 0 aromatic heterocycles. The normalized spacial score (nSPS) is 21.2. The zero-order valence-electron chi connectivity index (χ0n) is 19.5. The van der Waals surface area contributed by atoms with Gasteiger partial charge in [0.15, 0.2) is 0 Å². The zero-order chi connectivity index (χ0) is 22.0. The van der Waals surface area contributed by atoms with E-state index < -0.39 is 5.54 Å². The molecule has 1 saturated carbocycles. The third kappa shape index (κ3) is 4.76. The molecule has 0 amide bonds. The molecule has 0 unspecified atom stereocenters. The number of nitrogens with one attached hydrogen (secondary N) is 1. The van der Waals surface area contributed by atoms with Gasteiger partial charge in [-0.05, 0) is 77.2 Å². The van der Waals surface area contributed by atoms with Gasteiger partial charge in [0.05, 0.1) is 11.2 Å². The summed E-state index contributed by atoms with van der Waals surface area (Å²) in [6, 6.07) is 8.23. The van der Waals surface area contributed by atoms with Gasteiger partial charge < -0.3 is 14.0 Å². The highest BCUT2D eigenvalue weighted by Gasteiger charge is 2.51. The SMILES string of the molecule is CCC(CC)(NCc1cccc(B2OC(C)(C)C(C)(C)O2)c1)C(=O)OC1CCCC1. The molecular formula is C24H38BNO4. The van der Waals surface area contributed by atoms with Crippen LogP contribution in [-0.4, -0.2) is 35.9 Å². The van der Waals surface area contributed by atoms with Gasteiger partial charge in [-0.3, -0.25) is 10.1 Å². The predicted molar refractivity (Wildman–Crippen MR) is 121 cm³/mol. The highest BCUT2D eigenvalue weighted by atomic mass is 16.7. The summed E-state index contributed by atoms with van der Waals surface area (Å²) in [4.78, 5) is 13.0. The van der Waals surface area contributed by atoms with E-state index in [0.717, 1.165) is 36.7 Å². The summed E-state index contributed by atoms with van der Waals surface area (Å²) in [5, 5.41) is 3.52. The van der Waals surface area contributed by atoms with Crippen molar-refractivity contribution in [1.29, 1.82) is 0 Å². The Morgan fingerprint density at radius 2 is 1.73 bits per heavy atom. The van der Waals surface area contributed by atoms with E-state index in [4.69, 9.17) is 14.0 Å². The van der Waals surface area contributed by atoms with Crippen LogP contribution < -0.4 is 10.8 Å². The summed E-state index contributed by atoms with van der Waals surface area (Å²) in [6.07, 6.45) is 5.78. The predicted octanol–water partition coefficient (Wildman–Crippen LogP) is 4.12. The molecule has 1 aromatic carbocycles. The molecule has 2 fully saturated rings. The van der Waals surface area contributed by atoms with Crippen LogP contribution in [0.3, 0.4) is 0 Å². The van der Waals surface area contributed by atoms with E-state index in [1.807, 2.05) is 26.0 Å². The van der Waals surface area contributed by atoms with E-state index in [1.54, 1.807) is 0 Å². The average Bonchev–Trinajstić information content (AvgIpc) is 3.28. The van der Waals surface area contributed by atoms with Crippen LogP contribution in [0.2, 0.25) is 0 Å². The second kappa shape index (κ2) is 9.01. The minimum atomic E-state index is -0.650. The fourth-order valence-electron chi connectivity index (χ4n) is 4.23. The number of benzene rings is 1. The molecule has 5 nitrogen and oxygen atoms in total. The third-order valence-corrected chi connectivity index (χ3v) is 7.28. The quantitative estimate of drug-likeness (QED) is 0.511. The highest BCUT2D eigenvalue weighted by molar-refractivity contribution is 6.62. The summed E-state index contributed by atoms with van der Waals surface area (Å²) in [7, 11) is -0.385. The Morgan fingerprint density at radius 3 is 2.30 bits per heavy atom. The van der Waals surface area contributed by atoms with E-state index in [1.165, 1.54) is 0 Å². The molecule has 1 aliphatic heterocycles. The Hall–Kier alpha value is -1.37. The lowest BCUT2D eigenvalue weighted by molar-refractivity contribution is -0.157. The van der Waals surface area contributed by atoms with Crippen molar-refractivity contribution >= 4 is 18.6 Å². The number of carbonyl (C=O) groups excluding carboxylic acids is 1. The van der Waals surface area contributed by atoms with Crippen molar-refractivity contribution in [2.45, 2.75) is 109 Å². The first-order valence-electron chi connectivity index (χ1n) is 11.5. The van der Waals surface area contributed by atoms with Gasteiger partial charge in [0.2, 0.25) is 0 Å². The van der Waals surface area contributed by atoms with Gasteiger partial charge >= 0.3 is 13.1 Å². The summed E-state index contributed by atoms with van der Waals surface area (Å²) in [6.45, 7) is 12.9. The smallest absolute Gasteiger partial charge is 0.461 e. The Balaban J connectivity index is 1.68. The maximum Gasteiger partial charge on any atom is 0.494 e. The molecule has 3 rings (SSSR count). The van der Waals surface area contributed by atoms with Gasteiger partial charge in [-0.2, -0.15) is 0 Å². The van der Waals surface area contributed by atoms with E-state index in [-0.39, 0.29) is 30.4 Å². The molecule has 0 bridgehead atoms. The molecule has 0 radical (unpaired) electrons. The first-order chi connectivity index (χ1) is 14.1. The Kier molecular flexibility index (Phi) is 7.00. The minimum absolute atomic E-state index is 0.0866. The van der Waals surface area contributed by atoms with E-state index in [9.17, 15) is 4.79 Å². The van der Waals surface area contributed by atoms with E-state index in [0.29, 0.717) is 19.4 Å². The summed E-state index contributed by atoms with van der Waals surface area (Å²) in [5.74, 6) is -0.110. The molecular weight excluding hydrogens is 377 g/mol. The number of rotatable bonds is 8. The van der Waals surface area contributed by atoms with Crippen molar-refractivity contribution in [2.75, 3.05) is 0 Å². The minimum Gasteiger partial charge on any atom is -0.461 e. The fourth-order valence-corrected chi connectivity index (χ4v) is 4.23. The zero-order valence-corrected chi connectivity index (χ0v) is 19.5. The van der Waals surface area contributed by atoms with Gasteiger partial charge in [0, 0.05) is 6.54 Å². The number of esters is 1. The van der Waals surface area contributed by atoms with Crippen LogP contribution in [0.25, 0.3) is 0 Å². The summed E-state index contributed by atoms with van der Waals surface area (Å²) in [5.41, 5.74) is 0.718. The third-order valence-electron chi connectivity index (χ3n) is 7.28. The number of carbonyl (C=O) groups is 1. The first-order valence-corrected chi connectivity index (χ1v) is 11.5. The lowest BCUT2D eigenvalue weighted by Gasteiger charge is -2.32. The molecule has 30 heavy (non-hydrogen) atoms. The van der Waals surface area contributed by atoms with Crippen LogP contribution >= 0.6 is 0 Å². The van der Waals surface area contributed by atoms with Crippen LogP contribution in [0.15, 0.2) is 24.3 Å². The molecule has 0 spiro atoms. The maximum atomic E-state index is 13.0. The maximum absolute atomic E-state index is 13.0. The molecule has 1 aromatic rings. The van der Waals surface area contributed by atoms with Crippen LogP contribution in [0.4, 0.5) is 0 Å². The van der Waals surface area contributed by atoms with Gasteiger partial charge in [0.25, 0.3) is 0 Å².